The largest absolute Gasteiger partial charge is 0.326 e. The predicted molar refractivity (Wildman–Crippen MR) is 85.8 cm³/mol. The van der Waals surface area contributed by atoms with Crippen molar-refractivity contribution in [2.24, 2.45) is 11.1 Å². The average molecular weight is 328 g/mol. The second-order valence-corrected chi connectivity index (χ2v) is 8.09. The minimum atomic E-state index is -3.77. The highest BCUT2D eigenvalue weighted by atomic mass is 32.2. The lowest BCUT2D eigenvalue weighted by molar-refractivity contribution is -0.117. The van der Waals surface area contributed by atoms with E-state index in [1.807, 2.05) is 11.8 Å². The van der Waals surface area contributed by atoms with Crippen molar-refractivity contribution in [2.75, 3.05) is 16.8 Å². The Morgan fingerprint density at radius 2 is 2.05 bits per heavy atom. The summed E-state index contributed by atoms with van der Waals surface area (Å²) in [5.41, 5.74) is 1.04. The molecule has 0 bridgehead atoms. The Morgan fingerprint density at radius 1 is 1.38 bits per heavy atom. The molecule has 1 aliphatic rings. The van der Waals surface area contributed by atoms with Gasteiger partial charge in [0.25, 0.3) is 0 Å². The second-order valence-electron chi connectivity index (χ2n) is 5.33. The summed E-state index contributed by atoms with van der Waals surface area (Å²) in [5, 5.41) is 7.93. The predicted octanol–water partition coefficient (Wildman–Crippen LogP) is 2.11. The van der Waals surface area contributed by atoms with Crippen LogP contribution in [0.15, 0.2) is 23.1 Å². The number of hydrogen-bond acceptors (Lipinski definition) is 4. The number of rotatable bonds is 4. The molecule has 1 fully saturated rings. The molecule has 0 aliphatic carbocycles. The SMILES string of the molecule is Cc1ccc(NC(=O)CC2CCSCC2)cc1S(N)(=O)=O. The zero-order chi connectivity index (χ0) is 15.5. The van der Waals surface area contributed by atoms with Crippen molar-refractivity contribution in [1.82, 2.24) is 0 Å². The molecule has 7 heteroatoms. The van der Waals surface area contributed by atoms with E-state index in [4.69, 9.17) is 5.14 Å². The Morgan fingerprint density at radius 3 is 2.67 bits per heavy atom. The van der Waals surface area contributed by atoms with Crippen molar-refractivity contribution in [1.29, 1.82) is 0 Å². The second kappa shape index (κ2) is 6.81. The van der Waals surface area contributed by atoms with E-state index in [0.717, 1.165) is 24.3 Å². The van der Waals surface area contributed by atoms with E-state index in [2.05, 4.69) is 5.32 Å². The maximum atomic E-state index is 12.0. The maximum Gasteiger partial charge on any atom is 0.238 e. The highest BCUT2D eigenvalue weighted by molar-refractivity contribution is 7.99. The van der Waals surface area contributed by atoms with E-state index in [0.29, 0.717) is 23.6 Å². The first-order chi connectivity index (χ1) is 9.86. The van der Waals surface area contributed by atoms with Gasteiger partial charge in [0, 0.05) is 12.1 Å². The van der Waals surface area contributed by atoms with Crippen LogP contribution in [0.5, 0.6) is 0 Å². The fourth-order valence-corrected chi connectivity index (χ4v) is 4.42. The van der Waals surface area contributed by atoms with Gasteiger partial charge in [0.15, 0.2) is 0 Å². The summed E-state index contributed by atoms with van der Waals surface area (Å²) in [6.07, 6.45) is 2.61. The van der Waals surface area contributed by atoms with Crippen LogP contribution >= 0.6 is 11.8 Å². The monoisotopic (exact) mass is 328 g/mol. The van der Waals surface area contributed by atoms with Crippen LogP contribution in [0.2, 0.25) is 0 Å². The van der Waals surface area contributed by atoms with Gasteiger partial charge < -0.3 is 5.32 Å². The highest BCUT2D eigenvalue weighted by Gasteiger charge is 2.18. The Balaban J connectivity index is 2.04. The van der Waals surface area contributed by atoms with Gasteiger partial charge in [-0.1, -0.05) is 6.07 Å². The molecule has 0 unspecified atom stereocenters. The van der Waals surface area contributed by atoms with Crippen LogP contribution in [0.25, 0.3) is 0 Å². The van der Waals surface area contributed by atoms with Crippen molar-refractivity contribution in [3.8, 4) is 0 Å². The number of thioether (sulfide) groups is 1. The topological polar surface area (TPSA) is 89.3 Å². The summed E-state index contributed by atoms with van der Waals surface area (Å²) in [4.78, 5) is 12.1. The molecule has 5 nitrogen and oxygen atoms in total. The van der Waals surface area contributed by atoms with Crippen LogP contribution in [0.3, 0.4) is 0 Å². The average Bonchev–Trinajstić information content (AvgIpc) is 2.41. The molecule has 1 aliphatic heterocycles. The van der Waals surface area contributed by atoms with E-state index >= 15 is 0 Å². The minimum absolute atomic E-state index is 0.0503. The van der Waals surface area contributed by atoms with E-state index in [1.165, 1.54) is 6.07 Å². The molecule has 1 aromatic carbocycles. The third-order valence-corrected chi connectivity index (χ3v) is 5.70. The number of carbonyl (C=O) groups is 1. The molecule has 2 rings (SSSR count). The van der Waals surface area contributed by atoms with Crippen molar-refractivity contribution in [3.63, 3.8) is 0 Å². The van der Waals surface area contributed by atoms with Gasteiger partial charge in [-0.3, -0.25) is 4.79 Å². The fourth-order valence-electron chi connectivity index (χ4n) is 2.41. The van der Waals surface area contributed by atoms with Crippen LogP contribution in [0.1, 0.15) is 24.8 Å². The van der Waals surface area contributed by atoms with Gasteiger partial charge in [0.05, 0.1) is 4.90 Å². The zero-order valence-corrected chi connectivity index (χ0v) is 13.6. The number of primary sulfonamides is 1. The number of nitrogens with two attached hydrogens (primary N) is 1. The first kappa shape index (κ1) is 16.3. The minimum Gasteiger partial charge on any atom is -0.326 e. The molecule has 1 heterocycles. The molecule has 21 heavy (non-hydrogen) atoms. The summed E-state index contributed by atoms with van der Waals surface area (Å²) >= 11 is 1.92. The molecule has 116 valence electrons. The molecular formula is C14H20N2O3S2. The van der Waals surface area contributed by atoms with Gasteiger partial charge in [-0.05, 0) is 54.9 Å². The fraction of sp³-hybridized carbons (Fsp3) is 0.500. The lowest BCUT2D eigenvalue weighted by Crippen LogP contribution is -2.20. The molecule has 0 atom stereocenters. The van der Waals surface area contributed by atoms with Gasteiger partial charge in [-0.15, -0.1) is 0 Å². The summed E-state index contributed by atoms with van der Waals surface area (Å²) in [5.74, 6) is 2.57. The number of amides is 1. The van der Waals surface area contributed by atoms with Crippen molar-refractivity contribution >= 4 is 33.4 Å². The van der Waals surface area contributed by atoms with Crippen LogP contribution in [0, 0.1) is 12.8 Å². The number of sulfonamides is 1. The van der Waals surface area contributed by atoms with E-state index in [1.54, 1.807) is 19.1 Å². The number of aryl methyl sites for hydroxylation is 1. The lowest BCUT2D eigenvalue weighted by Gasteiger charge is -2.20. The Labute approximate surface area is 129 Å². The summed E-state index contributed by atoms with van der Waals surface area (Å²) < 4.78 is 22.9. The molecule has 1 saturated heterocycles. The van der Waals surface area contributed by atoms with Crippen molar-refractivity contribution in [2.45, 2.75) is 31.1 Å². The number of nitrogens with one attached hydrogen (secondary N) is 1. The van der Waals surface area contributed by atoms with Gasteiger partial charge >= 0.3 is 0 Å². The van der Waals surface area contributed by atoms with Crippen LogP contribution in [-0.2, 0) is 14.8 Å². The number of carbonyl (C=O) groups excluding carboxylic acids is 1. The van der Waals surface area contributed by atoms with Gasteiger partial charge in [-0.2, -0.15) is 11.8 Å². The summed E-state index contributed by atoms with van der Waals surface area (Å²) in [7, 11) is -3.77. The van der Waals surface area contributed by atoms with Gasteiger partial charge in [0.1, 0.15) is 0 Å². The molecular weight excluding hydrogens is 308 g/mol. The third-order valence-electron chi connectivity index (χ3n) is 3.59. The Hall–Kier alpha value is -1.05. The number of anilines is 1. The molecule has 1 aromatic rings. The Bertz CT molecular complexity index is 623. The quantitative estimate of drug-likeness (QED) is 0.886. The van der Waals surface area contributed by atoms with Crippen LogP contribution in [-0.4, -0.2) is 25.8 Å². The van der Waals surface area contributed by atoms with E-state index < -0.39 is 10.0 Å². The van der Waals surface area contributed by atoms with Crippen LogP contribution < -0.4 is 10.5 Å². The number of benzene rings is 1. The molecule has 0 saturated carbocycles. The summed E-state index contributed by atoms with van der Waals surface area (Å²) in [6, 6.07) is 4.75. The third kappa shape index (κ3) is 4.72. The van der Waals surface area contributed by atoms with Crippen molar-refractivity contribution in [3.05, 3.63) is 23.8 Å². The van der Waals surface area contributed by atoms with E-state index in [9.17, 15) is 13.2 Å². The van der Waals surface area contributed by atoms with E-state index in [-0.39, 0.29) is 10.8 Å². The molecule has 3 N–H and O–H groups in total. The molecule has 0 aromatic heterocycles. The first-order valence-corrected chi connectivity index (χ1v) is 9.57. The molecule has 0 radical (unpaired) electrons. The summed E-state index contributed by atoms with van der Waals surface area (Å²) in [6.45, 7) is 1.67. The highest BCUT2D eigenvalue weighted by Crippen LogP contribution is 2.26. The van der Waals surface area contributed by atoms with Gasteiger partial charge in [0.2, 0.25) is 15.9 Å². The van der Waals surface area contributed by atoms with Gasteiger partial charge in [-0.25, -0.2) is 13.6 Å². The standard InChI is InChI=1S/C14H20N2O3S2/c1-10-2-3-12(9-13(10)21(15,18)19)16-14(17)8-11-4-6-20-7-5-11/h2-3,9,11H,4-8H2,1H3,(H,16,17)(H2,15,18,19). The van der Waals surface area contributed by atoms with Crippen molar-refractivity contribution < 1.29 is 13.2 Å². The van der Waals surface area contributed by atoms with Crippen LogP contribution in [0.4, 0.5) is 5.69 Å². The normalized spacial score (nSPS) is 16.7. The zero-order valence-electron chi connectivity index (χ0n) is 12.0. The molecule has 0 spiro atoms. The molecule has 1 amide bonds. The smallest absolute Gasteiger partial charge is 0.238 e. The Kier molecular flexibility index (Phi) is 5.29. The first-order valence-electron chi connectivity index (χ1n) is 6.87. The maximum absolute atomic E-state index is 12.0. The number of hydrogen-bond donors (Lipinski definition) is 2. The lowest BCUT2D eigenvalue weighted by atomic mass is 9.98.